The van der Waals surface area contributed by atoms with E-state index in [1.807, 2.05) is 0 Å². The number of hydrogen-bond acceptors (Lipinski definition) is 4. The zero-order chi connectivity index (χ0) is 13.4. The Kier molecular flexibility index (Phi) is 6.82. The first-order valence-corrected chi connectivity index (χ1v) is 6.07. The molecule has 1 N–H and O–H groups in total. The number of hydrogen-bond donors (Lipinski definition) is 1. The minimum absolute atomic E-state index is 0.219. The fourth-order valence-corrected chi connectivity index (χ4v) is 1.46. The maximum atomic E-state index is 11.9. The number of alkyl halides is 2. The smallest absolute Gasteiger partial charge is 0.261 e. The van der Waals surface area contributed by atoms with Gasteiger partial charge in [-0.15, -0.1) is 0 Å². The van der Waals surface area contributed by atoms with Gasteiger partial charge < -0.3 is 14.5 Å². The van der Waals surface area contributed by atoms with Crippen LogP contribution in [0.2, 0.25) is 0 Å². The summed E-state index contributed by atoms with van der Waals surface area (Å²) in [5.74, 6) is 1.26. The predicted octanol–water partition coefficient (Wildman–Crippen LogP) is 2.24. The van der Waals surface area contributed by atoms with Gasteiger partial charge in [0, 0.05) is 13.0 Å². The van der Waals surface area contributed by atoms with Gasteiger partial charge in [-0.3, -0.25) is 0 Å². The molecule has 1 heterocycles. The molecule has 0 aliphatic carbocycles. The lowest BCUT2D eigenvalue weighted by Gasteiger charge is -2.06. The lowest BCUT2D eigenvalue weighted by molar-refractivity contribution is 0.0176. The van der Waals surface area contributed by atoms with Crippen molar-refractivity contribution in [1.29, 1.82) is 0 Å². The normalized spacial score (nSPS) is 11.7. The van der Waals surface area contributed by atoms with Crippen molar-refractivity contribution in [1.82, 2.24) is 10.3 Å². The highest BCUT2D eigenvalue weighted by Crippen LogP contribution is 2.08. The van der Waals surface area contributed by atoms with Gasteiger partial charge in [-0.25, -0.2) is 13.8 Å². The van der Waals surface area contributed by atoms with Crippen molar-refractivity contribution in [2.75, 3.05) is 19.8 Å². The quantitative estimate of drug-likeness (QED) is 0.693. The fraction of sp³-hybridized carbons (Fsp3) is 0.750. The van der Waals surface area contributed by atoms with E-state index in [-0.39, 0.29) is 6.61 Å². The molecule has 1 rings (SSSR count). The van der Waals surface area contributed by atoms with Crippen LogP contribution in [0.25, 0.3) is 0 Å². The minimum Gasteiger partial charge on any atom is -0.448 e. The molecule has 0 saturated heterocycles. The summed E-state index contributed by atoms with van der Waals surface area (Å²) in [6.45, 7) is 5.45. The van der Waals surface area contributed by atoms with Crippen molar-refractivity contribution < 1.29 is 17.9 Å². The molecule has 0 radical (unpaired) electrons. The van der Waals surface area contributed by atoms with Gasteiger partial charge in [-0.2, -0.15) is 0 Å². The molecule has 0 amide bonds. The first-order valence-electron chi connectivity index (χ1n) is 6.07. The molecule has 4 nitrogen and oxygen atoms in total. The fourth-order valence-electron chi connectivity index (χ4n) is 1.46. The molecular weight excluding hydrogens is 242 g/mol. The summed E-state index contributed by atoms with van der Waals surface area (Å²) in [5.41, 5.74) is 0.816. The van der Waals surface area contributed by atoms with E-state index in [0.717, 1.165) is 12.2 Å². The third kappa shape index (κ3) is 6.07. The molecule has 0 saturated carbocycles. The highest BCUT2D eigenvalue weighted by molar-refractivity contribution is 5.07. The topological polar surface area (TPSA) is 47.3 Å². The SMILES string of the molecule is CC(C)CNCc1ncoc1CCOCC(F)F. The van der Waals surface area contributed by atoms with E-state index in [0.29, 0.717) is 24.6 Å². The van der Waals surface area contributed by atoms with E-state index in [1.54, 1.807) is 0 Å². The number of oxazole rings is 1. The van der Waals surface area contributed by atoms with Crippen molar-refractivity contribution in [2.24, 2.45) is 5.92 Å². The Labute approximate surface area is 106 Å². The van der Waals surface area contributed by atoms with E-state index in [2.05, 4.69) is 24.1 Å². The summed E-state index contributed by atoms with van der Waals surface area (Å²) in [4.78, 5) is 4.09. The average Bonchev–Trinajstić information content (AvgIpc) is 2.71. The molecule has 0 atom stereocenters. The number of nitrogens with zero attached hydrogens (tertiary/aromatic N) is 1. The van der Waals surface area contributed by atoms with Crippen molar-refractivity contribution >= 4 is 0 Å². The van der Waals surface area contributed by atoms with Crippen molar-refractivity contribution in [2.45, 2.75) is 33.2 Å². The van der Waals surface area contributed by atoms with Crippen LogP contribution in [0.3, 0.4) is 0 Å². The Morgan fingerprint density at radius 2 is 2.22 bits per heavy atom. The first kappa shape index (κ1) is 15.0. The largest absolute Gasteiger partial charge is 0.448 e. The van der Waals surface area contributed by atoms with Crippen LogP contribution in [-0.2, 0) is 17.7 Å². The summed E-state index contributed by atoms with van der Waals surface area (Å²) in [6, 6.07) is 0. The molecule has 0 spiro atoms. The van der Waals surface area contributed by atoms with Crippen LogP contribution in [0.1, 0.15) is 25.3 Å². The number of aromatic nitrogens is 1. The van der Waals surface area contributed by atoms with Gasteiger partial charge in [0.2, 0.25) is 0 Å². The maximum absolute atomic E-state index is 11.9. The number of nitrogens with one attached hydrogen (secondary N) is 1. The summed E-state index contributed by atoms with van der Waals surface area (Å²) in [7, 11) is 0. The average molecular weight is 262 g/mol. The van der Waals surface area contributed by atoms with Gasteiger partial charge in [0.15, 0.2) is 6.39 Å². The number of rotatable bonds is 9. The van der Waals surface area contributed by atoms with Crippen LogP contribution in [0.4, 0.5) is 8.78 Å². The second-order valence-corrected chi connectivity index (χ2v) is 4.46. The highest BCUT2D eigenvalue weighted by atomic mass is 19.3. The predicted molar refractivity (Wildman–Crippen MR) is 63.6 cm³/mol. The minimum atomic E-state index is -2.42. The maximum Gasteiger partial charge on any atom is 0.261 e. The van der Waals surface area contributed by atoms with Gasteiger partial charge in [-0.1, -0.05) is 13.8 Å². The number of halogens is 2. The van der Waals surface area contributed by atoms with E-state index < -0.39 is 13.0 Å². The van der Waals surface area contributed by atoms with Crippen LogP contribution in [0.15, 0.2) is 10.8 Å². The van der Waals surface area contributed by atoms with Crippen molar-refractivity contribution in [3.63, 3.8) is 0 Å². The number of ether oxygens (including phenoxy) is 1. The van der Waals surface area contributed by atoms with Gasteiger partial charge >= 0.3 is 0 Å². The molecule has 104 valence electrons. The molecule has 1 aromatic heterocycles. The summed E-state index contributed by atoms with van der Waals surface area (Å²) >= 11 is 0. The zero-order valence-electron chi connectivity index (χ0n) is 10.8. The van der Waals surface area contributed by atoms with Gasteiger partial charge in [0.05, 0.1) is 12.3 Å². The van der Waals surface area contributed by atoms with Crippen LogP contribution >= 0.6 is 0 Å². The molecule has 0 aliphatic rings. The summed E-state index contributed by atoms with van der Waals surface area (Å²) in [5, 5.41) is 3.25. The van der Waals surface area contributed by atoms with Crippen molar-refractivity contribution in [3.8, 4) is 0 Å². The molecule has 1 aromatic rings. The third-order valence-electron chi connectivity index (χ3n) is 2.29. The van der Waals surface area contributed by atoms with Gasteiger partial charge in [-0.05, 0) is 12.5 Å². The van der Waals surface area contributed by atoms with Crippen LogP contribution in [0.5, 0.6) is 0 Å². The molecule has 0 fully saturated rings. The monoisotopic (exact) mass is 262 g/mol. The van der Waals surface area contributed by atoms with Gasteiger partial charge in [0.1, 0.15) is 12.4 Å². The van der Waals surface area contributed by atoms with Crippen LogP contribution in [-0.4, -0.2) is 31.2 Å². The third-order valence-corrected chi connectivity index (χ3v) is 2.29. The van der Waals surface area contributed by atoms with Crippen LogP contribution < -0.4 is 5.32 Å². The second-order valence-electron chi connectivity index (χ2n) is 4.46. The Hall–Kier alpha value is -1.01. The van der Waals surface area contributed by atoms with Crippen molar-refractivity contribution in [3.05, 3.63) is 17.8 Å². The van der Waals surface area contributed by atoms with Gasteiger partial charge in [0.25, 0.3) is 6.43 Å². The highest BCUT2D eigenvalue weighted by Gasteiger charge is 2.09. The van der Waals surface area contributed by atoms with Crippen LogP contribution in [0, 0.1) is 5.92 Å². The zero-order valence-corrected chi connectivity index (χ0v) is 10.8. The molecule has 18 heavy (non-hydrogen) atoms. The molecule has 0 bridgehead atoms. The van der Waals surface area contributed by atoms with E-state index in [9.17, 15) is 8.78 Å². The first-order chi connectivity index (χ1) is 8.59. The van der Waals surface area contributed by atoms with E-state index in [4.69, 9.17) is 9.15 Å². The molecule has 6 heteroatoms. The molecule has 0 unspecified atom stereocenters. The lowest BCUT2D eigenvalue weighted by atomic mass is 10.2. The molecule has 0 aliphatic heterocycles. The Morgan fingerprint density at radius 3 is 2.89 bits per heavy atom. The Balaban J connectivity index is 2.26. The Morgan fingerprint density at radius 1 is 1.44 bits per heavy atom. The Bertz CT molecular complexity index is 330. The molecular formula is C12H20F2N2O2. The summed E-state index contributed by atoms with van der Waals surface area (Å²) < 4.78 is 33.7. The second kappa shape index (κ2) is 8.16. The molecule has 0 aromatic carbocycles. The van der Waals surface area contributed by atoms with E-state index in [1.165, 1.54) is 6.39 Å². The summed E-state index contributed by atoms with van der Waals surface area (Å²) in [6.07, 6.45) is -0.591. The lowest BCUT2D eigenvalue weighted by Crippen LogP contribution is -2.20. The standard InChI is InChI=1S/C12H20F2N2O2/c1-9(2)5-15-6-10-11(18-8-16-10)3-4-17-7-12(13)14/h8-9,12,15H,3-7H2,1-2H3. The van der Waals surface area contributed by atoms with E-state index >= 15 is 0 Å².